The molecule has 2 rings (SSSR count). The van der Waals surface area contributed by atoms with Crippen molar-refractivity contribution in [3.8, 4) is 11.8 Å². The number of nitrogens with zero attached hydrogens (tertiary/aromatic N) is 1. The van der Waals surface area contributed by atoms with Gasteiger partial charge in [-0.05, 0) is 43.3 Å². The van der Waals surface area contributed by atoms with E-state index < -0.39 is 9.84 Å². The maximum atomic E-state index is 12.1. The smallest absolute Gasteiger partial charge is 0.181 e. The number of ether oxygens (including phenoxy) is 1. The van der Waals surface area contributed by atoms with Gasteiger partial charge in [-0.2, -0.15) is 5.26 Å². The SMILES string of the molecule is Cc1ccc(OCCS(=O)(=O)c2ccc(C#N)cc2)cc1. The lowest BCUT2D eigenvalue weighted by atomic mass is 10.2. The van der Waals surface area contributed by atoms with Crippen molar-refractivity contribution < 1.29 is 13.2 Å². The highest BCUT2D eigenvalue weighted by molar-refractivity contribution is 7.91. The largest absolute Gasteiger partial charge is 0.493 e. The first-order valence-electron chi connectivity index (χ1n) is 6.44. The van der Waals surface area contributed by atoms with Crippen LogP contribution in [-0.2, 0) is 9.84 Å². The van der Waals surface area contributed by atoms with Gasteiger partial charge in [0.2, 0.25) is 0 Å². The van der Waals surface area contributed by atoms with Crippen LogP contribution in [0.15, 0.2) is 53.4 Å². The van der Waals surface area contributed by atoms with Crippen LogP contribution in [0.4, 0.5) is 0 Å². The maximum absolute atomic E-state index is 12.1. The van der Waals surface area contributed by atoms with Crippen LogP contribution in [0, 0.1) is 18.3 Å². The van der Waals surface area contributed by atoms with E-state index in [4.69, 9.17) is 10.00 Å². The Balaban J connectivity index is 1.97. The van der Waals surface area contributed by atoms with Gasteiger partial charge in [-0.3, -0.25) is 0 Å². The molecule has 0 radical (unpaired) electrons. The fourth-order valence-corrected chi connectivity index (χ4v) is 2.85. The second-order valence-electron chi connectivity index (χ2n) is 4.62. The molecule has 2 aromatic carbocycles. The molecule has 4 nitrogen and oxygen atoms in total. The van der Waals surface area contributed by atoms with Crippen molar-refractivity contribution in [3.63, 3.8) is 0 Å². The van der Waals surface area contributed by atoms with Gasteiger partial charge < -0.3 is 4.74 Å². The molecule has 0 N–H and O–H groups in total. The zero-order valence-electron chi connectivity index (χ0n) is 11.6. The van der Waals surface area contributed by atoms with E-state index in [-0.39, 0.29) is 17.3 Å². The first-order chi connectivity index (χ1) is 10.0. The predicted molar refractivity (Wildman–Crippen MR) is 79.9 cm³/mol. The first-order valence-corrected chi connectivity index (χ1v) is 8.09. The highest BCUT2D eigenvalue weighted by Crippen LogP contribution is 2.14. The standard InChI is InChI=1S/C16H15NO3S/c1-13-2-6-15(7-3-13)20-10-11-21(18,19)16-8-4-14(12-17)5-9-16/h2-9H,10-11H2,1H3. The summed E-state index contributed by atoms with van der Waals surface area (Å²) in [4.78, 5) is 0.203. The van der Waals surface area contributed by atoms with Crippen molar-refractivity contribution in [2.75, 3.05) is 12.4 Å². The van der Waals surface area contributed by atoms with Crippen LogP contribution in [0.3, 0.4) is 0 Å². The summed E-state index contributed by atoms with van der Waals surface area (Å²) in [6.07, 6.45) is 0. The molecule has 0 unspecified atom stereocenters. The number of rotatable bonds is 5. The van der Waals surface area contributed by atoms with Crippen LogP contribution in [0.2, 0.25) is 0 Å². The van der Waals surface area contributed by atoms with Gasteiger partial charge in [-0.15, -0.1) is 0 Å². The monoisotopic (exact) mass is 301 g/mol. The Kier molecular flexibility index (Phi) is 4.61. The van der Waals surface area contributed by atoms with E-state index in [0.29, 0.717) is 11.3 Å². The minimum atomic E-state index is -3.40. The van der Waals surface area contributed by atoms with Crippen molar-refractivity contribution in [3.05, 3.63) is 59.7 Å². The van der Waals surface area contributed by atoms with Crippen LogP contribution in [0.25, 0.3) is 0 Å². The zero-order chi connectivity index (χ0) is 15.3. The molecule has 2 aromatic rings. The summed E-state index contributed by atoms with van der Waals surface area (Å²) in [5.41, 5.74) is 1.55. The van der Waals surface area contributed by atoms with Crippen molar-refractivity contribution in [2.24, 2.45) is 0 Å². The van der Waals surface area contributed by atoms with E-state index in [0.717, 1.165) is 5.56 Å². The van der Waals surface area contributed by atoms with Gasteiger partial charge in [0.25, 0.3) is 0 Å². The minimum absolute atomic E-state index is 0.0887. The molecule has 0 bridgehead atoms. The van der Waals surface area contributed by atoms with Crippen LogP contribution in [-0.4, -0.2) is 20.8 Å². The first kappa shape index (κ1) is 15.1. The molecule has 0 aliphatic rings. The van der Waals surface area contributed by atoms with E-state index in [9.17, 15) is 8.42 Å². The third kappa shape index (κ3) is 4.07. The molecule has 0 spiro atoms. The summed E-state index contributed by atoms with van der Waals surface area (Å²) in [5.74, 6) is 0.544. The van der Waals surface area contributed by atoms with Gasteiger partial charge in [-0.1, -0.05) is 17.7 Å². The van der Waals surface area contributed by atoms with Crippen molar-refractivity contribution >= 4 is 9.84 Å². The van der Waals surface area contributed by atoms with E-state index in [2.05, 4.69) is 0 Å². The second kappa shape index (κ2) is 6.42. The molecule has 0 amide bonds. The summed E-state index contributed by atoms with van der Waals surface area (Å²) in [5, 5.41) is 8.70. The van der Waals surface area contributed by atoms with E-state index in [1.54, 1.807) is 0 Å². The number of aryl methyl sites for hydroxylation is 1. The third-order valence-electron chi connectivity index (χ3n) is 2.98. The molecular formula is C16H15NO3S. The quantitative estimate of drug-likeness (QED) is 0.851. The van der Waals surface area contributed by atoms with Gasteiger partial charge in [0.05, 0.1) is 22.3 Å². The fourth-order valence-electron chi connectivity index (χ4n) is 1.76. The molecule has 0 aromatic heterocycles. The zero-order valence-corrected chi connectivity index (χ0v) is 12.4. The lowest BCUT2D eigenvalue weighted by Crippen LogP contribution is -2.14. The summed E-state index contributed by atoms with van der Waals surface area (Å²) >= 11 is 0. The Morgan fingerprint density at radius 3 is 2.24 bits per heavy atom. The summed E-state index contributed by atoms with van der Waals surface area (Å²) in [6.45, 7) is 2.06. The second-order valence-corrected chi connectivity index (χ2v) is 6.73. The molecule has 0 atom stereocenters. The number of sulfone groups is 1. The van der Waals surface area contributed by atoms with Gasteiger partial charge in [-0.25, -0.2) is 8.42 Å². The minimum Gasteiger partial charge on any atom is -0.493 e. The number of hydrogen-bond donors (Lipinski definition) is 0. The van der Waals surface area contributed by atoms with Gasteiger partial charge >= 0.3 is 0 Å². The molecule has 0 aliphatic carbocycles. The van der Waals surface area contributed by atoms with E-state index in [1.807, 2.05) is 37.3 Å². The van der Waals surface area contributed by atoms with Crippen LogP contribution in [0.5, 0.6) is 5.75 Å². The Morgan fingerprint density at radius 2 is 1.67 bits per heavy atom. The lowest BCUT2D eigenvalue weighted by molar-refractivity contribution is 0.341. The van der Waals surface area contributed by atoms with Crippen molar-refractivity contribution in [2.45, 2.75) is 11.8 Å². The Morgan fingerprint density at radius 1 is 1.05 bits per heavy atom. The van der Waals surface area contributed by atoms with Gasteiger partial charge in [0.15, 0.2) is 9.84 Å². The topological polar surface area (TPSA) is 67.2 Å². The highest BCUT2D eigenvalue weighted by Gasteiger charge is 2.14. The average Bonchev–Trinajstić information content (AvgIpc) is 2.49. The molecule has 0 heterocycles. The molecular weight excluding hydrogens is 286 g/mol. The fraction of sp³-hybridized carbons (Fsp3) is 0.188. The van der Waals surface area contributed by atoms with Crippen molar-refractivity contribution in [1.29, 1.82) is 5.26 Å². The Bertz CT molecular complexity index is 742. The lowest BCUT2D eigenvalue weighted by Gasteiger charge is -2.07. The number of benzene rings is 2. The maximum Gasteiger partial charge on any atom is 0.181 e. The summed E-state index contributed by atoms with van der Waals surface area (Å²) < 4.78 is 29.7. The Hall–Kier alpha value is -2.32. The molecule has 21 heavy (non-hydrogen) atoms. The normalized spacial score (nSPS) is 10.9. The number of hydrogen-bond acceptors (Lipinski definition) is 4. The third-order valence-corrected chi connectivity index (χ3v) is 4.68. The average molecular weight is 301 g/mol. The molecule has 0 aliphatic heterocycles. The van der Waals surface area contributed by atoms with E-state index in [1.165, 1.54) is 24.3 Å². The molecule has 0 fully saturated rings. The summed E-state index contributed by atoms with van der Waals surface area (Å²) in [6, 6.07) is 15.3. The van der Waals surface area contributed by atoms with Gasteiger partial charge in [0, 0.05) is 0 Å². The van der Waals surface area contributed by atoms with Gasteiger partial charge in [0.1, 0.15) is 12.4 Å². The predicted octanol–water partition coefficient (Wildman–Crippen LogP) is 2.72. The van der Waals surface area contributed by atoms with Crippen LogP contribution in [0.1, 0.15) is 11.1 Å². The van der Waals surface area contributed by atoms with Crippen LogP contribution < -0.4 is 4.74 Å². The summed E-state index contributed by atoms with van der Waals surface area (Å²) in [7, 11) is -3.40. The molecule has 108 valence electrons. The highest BCUT2D eigenvalue weighted by atomic mass is 32.2. The van der Waals surface area contributed by atoms with Crippen molar-refractivity contribution in [1.82, 2.24) is 0 Å². The Labute approximate surface area is 124 Å². The molecule has 5 heteroatoms. The number of nitriles is 1. The van der Waals surface area contributed by atoms with Crippen LogP contribution >= 0.6 is 0 Å². The van der Waals surface area contributed by atoms with E-state index >= 15 is 0 Å². The molecule has 0 saturated heterocycles. The molecule has 0 saturated carbocycles.